The van der Waals surface area contributed by atoms with Gasteiger partial charge in [0.15, 0.2) is 5.78 Å². The molecule has 0 bridgehead atoms. The van der Waals surface area contributed by atoms with Crippen LogP contribution < -0.4 is 10.1 Å². The minimum atomic E-state index is -0.352. The molecule has 1 heterocycles. The predicted octanol–water partition coefficient (Wildman–Crippen LogP) is 0.864. The molecule has 1 aliphatic heterocycles. The molecule has 0 saturated carbocycles. The number of hydrogen-bond acceptors (Lipinski definition) is 3. The molecule has 4 heteroatoms. The van der Waals surface area contributed by atoms with E-state index in [4.69, 9.17) is 4.74 Å². The average Bonchev–Trinajstić information content (AvgIpc) is 2.78. The zero-order valence-electron chi connectivity index (χ0n) is 8.82. The number of rotatable bonds is 1. The molecule has 0 aromatic heterocycles. The van der Waals surface area contributed by atoms with Gasteiger partial charge < -0.3 is 10.1 Å². The van der Waals surface area contributed by atoms with Gasteiger partial charge in [0.25, 0.3) is 0 Å². The first-order valence-electron chi connectivity index (χ1n) is 5.22. The number of hydrogen-bond donors (Lipinski definition) is 1. The normalized spacial score (nSPS) is 26.3. The number of ketones is 1. The van der Waals surface area contributed by atoms with E-state index < -0.39 is 0 Å². The molecule has 4 nitrogen and oxygen atoms in total. The number of carbonyl (C=O) groups excluding carboxylic acids is 2. The van der Waals surface area contributed by atoms with Crippen LogP contribution in [0.2, 0.25) is 0 Å². The highest BCUT2D eigenvalue weighted by molar-refractivity contribution is 6.09. The maximum absolute atomic E-state index is 12.0. The van der Waals surface area contributed by atoms with Crippen LogP contribution in [0.4, 0.5) is 0 Å². The smallest absolute Gasteiger partial charge is 0.221 e. The van der Waals surface area contributed by atoms with Crippen molar-refractivity contribution in [2.75, 3.05) is 7.11 Å². The summed E-state index contributed by atoms with van der Waals surface area (Å²) < 4.78 is 5.13. The number of benzene rings is 1. The monoisotopic (exact) mass is 217 g/mol. The van der Waals surface area contributed by atoms with E-state index in [1.165, 1.54) is 0 Å². The van der Waals surface area contributed by atoms with E-state index in [0.717, 1.165) is 16.9 Å². The maximum atomic E-state index is 12.0. The number of methoxy groups -OCH3 is 1. The summed E-state index contributed by atoms with van der Waals surface area (Å²) >= 11 is 0. The zero-order chi connectivity index (χ0) is 11.3. The summed E-state index contributed by atoms with van der Waals surface area (Å²) in [4.78, 5) is 23.2. The lowest BCUT2D eigenvalue weighted by molar-refractivity contribution is -0.119. The molecule has 0 radical (unpaired) electrons. The Morgan fingerprint density at radius 2 is 2.19 bits per heavy atom. The summed E-state index contributed by atoms with van der Waals surface area (Å²) in [5, 5.41) is 2.72. The van der Waals surface area contributed by atoms with Gasteiger partial charge in [-0.3, -0.25) is 9.59 Å². The Balaban J connectivity index is 2.11. The van der Waals surface area contributed by atoms with Gasteiger partial charge in [-0.15, -0.1) is 0 Å². The van der Waals surface area contributed by atoms with E-state index in [2.05, 4.69) is 5.32 Å². The van der Waals surface area contributed by atoms with Crippen LogP contribution in [0.3, 0.4) is 0 Å². The van der Waals surface area contributed by atoms with Crippen molar-refractivity contribution in [1.29, 1.82) is 0 Å². The highest BCUT2D eigenvalue weighted by atomic mass is 16.5. The van der Waals surface area contributed by atoms with Crippen molar-refractivity contribution < 1.29 is 14.3 Å². The average molecular weight is 217 g/mol. The van der Waals surface area contributed by atoms with Crippen molar-refractivity contribution in [2.24, 2.45) is 0 Å². The Bertz CT molecular complexity index is 495. The molecular weight excluding hydrogens is 206 g/mol. The lowest BCUT2D eigenvalue weighted by Gasteiger charge is -2.07. The van der Waals surface area contributed by atoms with Crippen LogP contribution in [0.1, 0.15) is 28.3 Å². The molecule has 16 heavy (non-hydrogen) atoms. The number of carbonyl (C=O) groups is 2. The fourth-order valence-corrected chi connectivity index (χ4v) is 2.55. The van der Waals surface area contributed by atoms with Gasteiger partial charge in [-0.05, 0) is 23.8 Å². The summed E-state index contributed by atoms with van der Waals surface area (Å²) in [6.45, 7) is 0. The first kappa shape index (κ1) is 9.39. The molecule has 1 aromatic rings. The van der Waals surface area contributed by atoms with Gasteiger partial charge >= 0.3 is 0 Å². The van der Waals surface area contributed by atoms with Gasteiger partial charge in [0.1, 0.15) is 5.75 Å². The third-order valence-electron chi connectivity index (χ3n) is 3.33. The summed E-state index contributed by atoms with van der Waals surface area (Å²) in [5.74, 6) is 0.696. The highest BCUT2D eigenvalue weighted by Gasteiger charge is 2.45. The Labute approximate surface area is 92.6 Å². The molecule has 2 unspecified atom stereocenters. The van der Waals surface area contributed by atoms with E-state index in [-0.39, 0.29) is 23.7 Å². The molecule has 1 amide bonds. The fraction of sp³-hybridized carbons (Fsp3) is 0.333. The molecule has 3 rings (SSSR count). The highest BCUT2D eigenvalue weighted by Crippen LogP contribution is 2.40. The topological polar surface area (TPSA) is 55.4 Å². The first-order valence-corrected chi connectivity index (χ1v) is 5.22. The molecule has 82 valence electrons. The SMILES string of the molecule is COc1ccc2c(c1)C1CC(=O)NC1C2=O. The van der Waals surface area contributed by atoms with Crippen LogP contribution in [0, 0.1) is 0 Å². The molecule has 1 aliphatic carbocycles. The lowest BCUT2D eigenvalue weighted by atomic mass is 9.98. The number of amides is 1. The molecule has 2 atom stereocenters. The largest absolute Gasteiger partial charge is 0.497 e. The third-order valence-corrected chi connectivity index (χ3v) is 3.33. The molecule has 1 aromatic carbocycles. The van der Waals surface area contributed by atoms with Gasteiger partial charge in [-0.1, -0.05) is 0 Å². The molecule has 2 aliphatic rings. The van der Waals surface area contributed by atoms with Crippen molar-refractivity contribution >= 4 is 11.7 Å². The fourth-order valence-electron chi connectivity index (χ4n) is 2.55. The zero-order valence-corrected chi connectivity index (χ0v) is 8.82. The molecule has 0 spiro atoms. The van der Waals surface area contributed by atoms with Gasteiger partial charge in [-0.25, -0.2) is 0 Å². The molecular formula is C12H11NO3. The number of Topliss-reactive ketones (excluding diaryl/α,β-unsaturated/α-hetero) is 1. The van der Waals surface area contributed by atoms with E-state index in [1.54, 1.807) is 19.2 Å². The number of fused-ring (bicyclic) bond motifs is 3. The van der Waals surface area contributed by atoms with Gasteiger partial charge in [0, 0.05) is 17.9 Å². The van der Waals surface area contributed by atoms with Crippen molar-refractivity contribution in [3.63, 3.8) is 0 Å². The maximum Gasteiger partial charge on any atom is 0.221 e. The van der Waals surface area contributed by atoms with Crippen LogP contribution >= 0.6 is 0 Å². The van der Waals surface area contributed by atoms with Crippen LogP contribution in [0.25, 0.3) is 0 Å². The molecule has 1 saturated heterocycles. The van der Waals surface area contributed by atoms with Gasteiger partial charge in [-0.2, -0.15) is 0 Å². The van der Waals surface area contributed by atoms with Crippen LogP contribution in [-0.2, 0) is 4.79 Å². The van der Waals surface area contributed by atoms with Crippen LogP contribution in [-0.4, -0.2) is 24.8 Å². The van der Waals surface area contributed by atoms with Crippen LogP contribution in [0.5, 0.6) is 5.75 Å². The minimum Gasteiger partial charge on any atom is -0.497 e. The van der Waals surface area contributed by atoms with Gasteiger partial charge in [0.2, 0.25) is 5.91 Å². The standard InChI is InChI=1S/C12H11NO3/c1-16-6-2-3-7-8(4-6)9-5-10(14)13-11(9)12(7)15/h2-4,9,11H,5H2,1H3,(H,13,14). The van der Waals surface area contributed by atoms with E-state index in [0.29, 0.717) is 6.42 Å². The van der Waals surface area contributed by atoms with Crippen molar-refractivity contribution in [3.05, 3.63) is 29.3 Å². The number of nitrogens with one attached hydrogen (secondary N) is 1. The summed E-state index contributed by atoms with van der Waals surface area (Å²) in [5.41, 5.74) is 1.66. The van der Waals surface area contributed by atoms with Crippen molar-refractivity contribution in [1.82, 2.24) is 5.32 Å². The van der Waals surface area contributed by atoms with E-state index in [1.807, 2.05) is 6.07 Å². The Hall–Kier alpha value is -1.84. The van der Waals surface area contributed by atoms with E-state index in [9.17, 15) is 9.59 Å². The molecule has 1 N–H and O–H groups in total. The quantitative estimate of drug-likeness (QED) is 0.759. The van der Waals surface area contributed by atoms with Crippen molar-refractivity contribution in [3.8, 4) is 5.75 Å². The summed E-state index contributed by atoms with van der Waals surface area (Å²) in [6.07, 6.45) is 0.399. The second-order valence-corrected chi connectivity index (χ2v) is 4.17. The summed E-state index contributed by atoms with van der Waals surface area (Å²) in [7, 11) is 1.59. The van der Waals surface area contributed by atoms with E-state index >= 15 is 0 Å². The second-order valence-electron chi connectivity index (χ2n) is 4.17. The Morgan fingerprint density at radius 1 is 1.38 bits per heavy atom. The predicted molar refractivity (Wildman–Crippen MR) is 56.6 cm³/mol. The second kappa shape index (κ2) is 3.07. The van der Waals surface area contributed by atoms with Crippen LogP contribution in [0.15, 0.2) is 18.2 Å². The number of ether oxygens (including phenoxy) is 1. The Kier molecular flexibility index (Phi) is 1.80. The minimum absolute atomic E-state index is 0.00917. The van der Waals surface area contributed by atoms with Crippen molar-refractivity contribution in [2.45, 2.75) is 18.4 Å². The summed E-state index contributed by atoms with van der Waals surface area (Å²) in [6, 6.07) is 5.06. The third kappa shape index (κ3) is 1.10. The lowest BCUT2D eigenvalue weighted by Crippen LogP contribution is -2.31. The Morgan fingerprint density at radius 3 is 2.94 bits per heavy atom. The first-order chi connectivity index (χ1) is 7.70. The van der Waals surface area contributed by atoms with Gasteiger partial charge in [0.05, 0.1) is 13.2 Å². The molecule has 1 fully saturated rings.